The lowest BCUT2D eigenvalue weighted by atomic mass is 9.99. The number of aromatic nitrogens is 1. The summed E-state index contributed by atoms with van der Waals surface area (Å²) in [6, 6.07) is 18.7. The molecule has 0 spiro atoms. The van der Waals surface area contributed by atoms with Gasteiger partial charge in [-0.15, -0.1) is 0 Å². The molecular weight excluding hydrogens is 446 g/mol. The molecule has 4 rings (SSSR count). The van der Waals surface area contributed by atoms with Crippen LogP contribution in [0.2, 0.25) is 0 Å². The molecule has 34 heavy (non-hydrogen) atoms. The number of ketones is 1. The Hall–Kier alpha value is -3.00. The fraction of sp³-hybridized carbons (Fsp3) is 0.333. The molecule has 0 atom stereocenters. The van der Waals surface area contributed by atoms with E-state index in [9.17, 15) is 15.0 Å². The highest BCUT2D eigenvalue weighted by Gasteiger charge is 2.32. The van der Waals surface area contributed by atoms with Crippen LogP contribution in [0.15, 0.2) is 66.7 Å². The molecule has 0 unspecified atom stereocenters. The zero-order chi connectivity index (χ0) is 24.3. The molecule has 2 aromatic carbocycles. The summed E-state index contributed by atoms with van der Waals surface area (Å²) in [7, 11) is 1.92. The molecular formula is C27H31N3O3S. The van der Waals surface area contributed by atoms with E-state index in [-0.39, 0.29) is 11.3 Å². The summed E-state index contributed by atoms with van der Waals surface area (Å²) in [4.78, 5) is 19.8. The van der Waals surface area contributed by atoms with E-state index in [1.54, 1.807) is 0 Å². The van der Waals surface area contributed by atoms with Crippen LogP contribution in [-0.2, 0) is 6.54 Å². The molecule has 6 nitrogen and oxygen atoms in total. The molecule has 3 N–H and O–H groups in total. The maximum atomic E-state index is 13.2. The van der Waals surface area contributed by atoms with Crippen LogP contribution < -0.4 is 10.2 Å². The Bertz CT molecular complexity index is 1160. The molecule has 7 heteroatoms. The number of Topliss-reactive ketones (excluding diaryl/α,β-unsaturated/α-hetero) is 1. The first-order valence-corrected chi connectivity index (χ1v) is 12.4. The van der Waals surface area contributed by atoms with Crippen molar-refractivity contribution in [3.05, 3.63) is 78.0 Å². The zero-order valence-corrected chi connectivity index (χ0v) is 20.4. The van der Waals surface area contributed by atoms with Crippen LogP contribution in [0.1, 0.15) is 48.7 Å². The molecule has 0 radical (unpaired) electrons. The van der Waals surface area contributed by atoms with Crippen LogP contribution in [-0.4, -0.2) is 39.9 Å². The maximum Gasteiger partial charge on any atom is 0.215 e. The number of hydrogen-bond donors (Lipinski definition) is 3. The van der Waals surface area contributed by atoms with Gasteiger partial charge >= 0.3 is 0 Å². The van der Waals surface area contributed by atoms with Crippen LogP contribution in [0.5, 0.6) is 0 Å². The van der Waals surface area contributed by atoms with E-state index in [1.165, 1.54) is 24.2 Å². The molecule has 1 aromatic heterocycles. The number of thiazole rings is 1. The van der Waals surface area contributed by atoms with Crippen LogP contribution >= 0.6 is 11.3 Å². The van der Waals surface area contributed by atoms with Gasteiger partial charge in [0.25, 0.3) is 0 Å². The summed E-state index contributed by atoms with van der Waals surface area (Å²) < 4.78 is 0. The lowest BCUT2D eigenvalue weighted by Crippen LogP contribution is -2.31. The van der Waals surface area contributed by atoms with Crippen LogP contribution in [0.3, 0.4) is 0 Å². The summed E-state index contributed by atoms with van der Waals surface area (Å²) in [6.07, 6.45) is 4.52. The average molecular weight is 478 g/mol. The topological polar surface area (TPSA) is 85.7 Å². The molecule has 0 saturated heterocycles. The number of anilines is 2. The average Bonchev–Trinajstić information content (AvgIpc) is 3.49. The fourth-order valence-electron chi connectivity index (χ4n) is 4.27. The third-order valence-corrected chi connectivity index (χ3v) is 7.31. The van der Waals surface area contributed by atoms with E-state index in [4.69, 9.17) is 0 Å². The Balaban J connectivity index is 1.66. The highest BCUT2D eigenvalue weighted by molar-refractivity contribution is 7.19. The molecule has 1 aliphatic carbocycles. The van der Waals surface area contributed by atoms with E-state index in [0.717, 1.165) is 36.5 Å². The van der Waals surface area contributed by atoms with E-state index in [2.05, 4.69) is 41.1 Å². The van der Waals surface area contributed by atoms with Crippen molar-refractivity contribution in [2.45, 2.75) is 51.0 Å². The van der Waals surface area contributed by atoms with Crippen LogP contribution in [0.25, 0.3) is 11.1 Å². The van der Waals surface area contributed by atoms with Crippen molar-refractivity contribution in [2.24, 2.45) is 0 Å². The highest BCUT2D eigenvalue weighted by Crippen LogP contribution is 2.37. The van der Waals surface area contributed by atoms with E-state index < -0.39 is 11.6 Å². The summed E-state index contributed by atoms with van der Waals surface area (Å²) >= 11 is 1.41. The first kappa shape index (κ1) is 24.1. The molecule has 0 bridgehead atoms. The van der Waals surface area contributed by atoms with Gasteiger partial charge < -0.3 is 20.4 Å². The Labute approximate surface area is 204 Å². The second-order valence-corrected chi connectivity index (χ2v) is 9.98. The number of aliphatic hydroxyl groups is 2. The minimum Gasteiger partial charge on any atom is -0.362 e. The van der Waals surface area contributed by atoms with Crippen molar-refractivity contribution in [1.82, 2.24) is 4.98 Å². The molecule has 1 saturated carbocycles. The molecule has 1 aliphatic rings. The van der Waals surface area contributed by atoms with E-state index in [1.807, 2.05) is 42.3 Å². The number of carbonyl (C=O) groups excluding carboxylic acids is 1. The SMILES string of the molecule is C=C(C(=O)c1nc(NC2CCCC2)sc1N(C)Cc1ccccc1-c1ccccc1)C(C)(O)O. The van der Waals surface area contributed by atoms with Gasteiger partial charge in [0.05, 0.1) is 5.57 Å². The van der Waals surface area contributed by atoms with Crippen molar-refractivity contribution in [3.63, 3.8) is 0 Å². The van der Waals surface area contributed by atoms with Gasteiger partial charge in [-0.25, -0.2) is 4.98 Å². The number of hydrogen-bond acceptors (Lipinski definition) is 7. The van der Waals surface area contributed by atoms with Gasteiger partial charge in [0.2, 0.25) is 5.78 Å². The number of nitrogens with zero attached hydrogens (tertiary/aromatic N) is 2. The van der Waals surface area contributed by atoms with Gasteiger partial charge in [-0.05, 0) is 36.5 Å². The lowest BCUT2D eigenvalue weighted by Gasteiger charge is -2.22. The minimum absolute atomic E-state index is 0.185. The van der Waals surface area contributed by atoms with E-state index >= 15 is 0 Å². The quantitative estimate of drug-likeness (QED) is 0.222. The molecule has 1 fully saturated rings. The first-order chi connectivity index (χ1) is 16.2. The van der Waals surface area contributed by atoms with Gasteiger partial charge in [0, 0.05) is 19.6 Å². The van der Waals surface area contributed by atoms with Crippen molar-refractivity contribution < 1.29 is 15.0 Å². The number of carbonyl (C=O) groups is 1. The lowest BCUT2D eigenvalue weighted by molar-refractivity contribution is -0.108. The Morgan fingerprint density at radius 3 is 2.47 bits per heavy atom. The number of rotatable bonds is 9. The summed E-state index contributed by atoms with van der Waals surface area (Å²) in [5.41, 5.74) is 3.25. The van der Waals surface area contributed by atoms with Crippen molar-refractivity contribution in [3.8, 4) is 11.1 Å². The third-order valence-electron chi connectivity index (χ3n) is 6.21. The van der Waals surface area contributed by atoms with Gasteiger partial charge in [-0.3, -0.25) is 4.79 Å². The maximum absolute atomic E-state index is 13.2. The van der Waals surface area contributed by atoms with Gasteiger partial charge in [0.15, 0.2) is 10.9 Å². The fourth-order valence-corrected chi connectivity index (χ4v) is 5.27. The number of benzene rings is 2. The molecule has 0 aliphatic heterocycles. The number of nitrogens with one attached hydrogen (secondary N) is 1. The second-order valence-electron chi connectivity index (χ2n) is 9.01. The second kappa shape index (κ2) is 10.1. The molecule has 178 valence electrons. The molecule has 1 heterocycles. The summed E-state index contributed by atoms with van der Waals surface area (Å²) in [5, 5.41) is 24.7. The standard InChI is InChI=1S/C27H31N3O3S/c1-18(27(2,32)33)24(31)23-25(34-26(29-23)28-21-14-8-9-15-21)30(3)17-20-13-7-10-16-22(20)19-11-5-4-6-12-19/h4-7,10-13,16,21,32-33H,1,8-9,14-15,17H2,2-3H3,(H,28,29). The molecule has 3 aromatic rings. The summed E-state index contributed by atoms with van der Waals surface area (Å²) in [6.45, 7) is 5.32. The summed E-state index contributed by atoms with van der Waals surface area (Å²) in [5.74, 6) is -2.88. The monoisotopic (exact) mass is 477 g/mol. The van der Waals surface area contributed by atoms with Gasteiger partial charge in [-0.1, -0.05) is 85.4 Å². The van der Waals surface area contributed by atoms with Crippen LogP contribution in [0, 0.1) is 0 Å². The predicted molar refractivity (Wildman–Crippen MR) is 138 cm³/mol. The van der Waals surface area contributed by atoms with Crippen molar-refractivity contribution in [1.29, 1.82) is 0 Å². The Morgan fingerprint density at radius 2 is 1.79 bits per heavy atom. The predicted octanol–water partition coefficient (Wildman–Crippen LogP) is 5.24. The van der Waals surface area contributed by atoms with E-state index in [0.29, 0.717) is 22.7 Å². The van der Waals surface area contributed by atoms with Crippen molar-refractivity contribution in [2.75, 3.05) is 17.3 Å². The highest BCUT2D eigenvalue weighted by atomic mass is 32.1. The normalized spacial score (nSPS) is 14.2. The molecule has 0 amide bonds. The third kappa shape index (κ3) is 5.38. The Kier molecular flexibility index (Phi) is 7.16. The zero-order valence-electron chi connectivity index (χ0n) is 19.6. The van der Waals surface area contributed by atoms with Gasteiger partial charge in [-0.2, -0.15) is 0 Å². The van der Waals surface area contributed by atoms with Gasteiger partial charge in [0.1, 0.15) is 10.7 Å². The smallest absolute Gasteiger partial charge is 0.215 e. The largest absolute Gasteiger partial charge is 0.362 e. The minimum atomic E-state index is -2.31. The Morgan fingerprint density at radius 1 is 1.15 bits per heavy atom. The first-order valence-electron chi connectivity index (χ1n) is 11.5. The van der Waals surface area contributed by atoms with Crippen LogP contribution in [0.4, 0.5) is 10.1 Å². The van der Waals surface area contributed by atoms with Crippen molar-refractivity contribution >= 4 is 27.3 Å².